The van der Waals surface area contributed by atoms with Crippen LogP contribution >= 0.6 is 0 Å². The van der Waals surface area contributed by atoms with E-state index < -0.39 is 0 Å². The van der Waals surface area contributed by atoms with Crippen molar-refractivity contribution in [2.24, 2.45) is 0 Å². The fourth-order valence-corrected chi connectivity index (χ4v) is 3.27. The average molecular weight is 368 g/mol. The van der Waals surface area contributed by atoms with Crippen LogP contribution < -0.4 is 9.47 Å². The summed E-state index contributed by atoms with van der Waals surface area (Å²) >= 11 is 0. The standard InChI is InChI=1S/C22H28N2O3/c1-26-21-10-5-7-19(17-21)18-23-12-14-24(15-13-23)22(25)11-6-16-27-20-8-3-2-4-9-20/h2-5,7-10,17H,6,11-16,18H2,1H3. The third-order valence-corrected chi connectivity index (χ3v) is 4.81. The van der Waals surface area contributed by atoms with Gasteiger partial charge in [-0.05, 0) is 36.2 Å². The summed E-state index contributed by atoms with van der Waals surface area (Å²) in [5.41, 5.74) is 1.24. The molecule has 1 fully saturated rings. The number of hydrogen-bond donors (Lipinski definition) is 0. The van der Waals surface area contributed by atoms with Crippen molar-refractivity contribution in [3.05, 3.63) is 60.2 Å². The summed E-state index contributed by atoms with van der Waals surface area (Å²) < 4.78 is 10.9. The molecule has 0 N–H and O–H groups in total. The Balaban J connectivity index is 1.35. The molecule has 5 nitrogen and oxygen atoms in total. The van der Waals surface area contributed by atoms with Crippen LogP contribution in [0.1, 0.15) is 18.4 Å². The van der Waals surface area contributed by atoms with Crippen LogP contribution in [0.3, 0.4) is 0 Å². The van der Waals surface area contributed by atoms with Crippen LogP contribution in [0.15, 0.2) is 54.6 Å². The zero-order valence-corrected chi connectivity index (χ0v) is 16.0. The zero-order valence-electron chi connectivity index (χ0n) is 16.0. The zero-order chi connectivity index (χ0) is 18.9. The van der Waals surface area contributed by atoms with Crippen molar-refractivity contribution >= 4 is 5.91 Å². The summed E-state index contributed by atoms with van der Waals surface area (Å²) in [6, 6.07) is 17.9. The first kappa shape index (κ1) is 19.2. The maximum atomic E-state index is 12.4. The van der Waals surface area contributed by atoms with E-state index in [2.05, 4.69) is 17.0 Å². The second-order valence-corrected chi connectivity index (χ2v) is 6.77. The lowest BCUT2D eigenvalue weighted by Gasteiger charge is -2.34. The molecular weight excluding hydrogens is 340 g/mol. The molecule has 1 aliphatic rings. The molecule has 1 heterocycles. The Hall–Kier alpha value is -2.53. The van der Waals surface area contributed by atoms with Crippen molar-refractivity contribution in [1.29, 1.82) is 0 Å². The minimum absolute atomic E-state index is 0.229. The van der Waals surface area contributed by atoms with E-state index in [4.69, 9.17) is 9.47 Å². The minimum Gasteiger partial charge on any atom is -0.497 e. The maximum Gasteiger partial charge on any atom is 0.222 e. The third kappa shape index (κ3) is 6.00. The number of carbonyl (C=O) groups is 1. The largest absolute Gasteiger partial charge is 0.497 e. The van der Waals surface area contributed by atoms with Crippen LogP contribution in [0.2, 0.25) is 0 Å². The predicted molar refractivity (Wildman–Crippen MR) is 106 cm³/mol. The van der Waals surface area contributed by atoms with Gasteiger partial charge in [-0.3, -0.25) is 9.69 Å². The van der Waals surface area contributed by atoms with Gasteiger partial charge in [0.05, 0.1) is 13.7 Å². The molecule has 144 valence electrons. The number of piperazine rings is 1. The molecule has 0 aromatic heterocycles. The molecule has 5 heteroatoms. The number of rotatable bonds is 8. The Labute approximate surface area is 161 Å². The fraction of sp³-hybridized carbons (Fsp3) is 0.409. The summed E-state index contributed by atoms with van der Waals surface area (Å²) in [6.07, 6.45) is 1.29. The van der Waals surface area contributed by atoms with Gasteiger partial charge >= 0.3 is 0 Å². The van der Waals surface area contributed by atoms with Crippen molar-refractivity contribution in [1.82, 2.24) is 9.80 Å². The fourth-order valence-electron chi connectivity index (χ4n) is 3.27. The highest BCUT2D eigenvalue weighted by atomic mass is 16.5. The van der Waals surface area contributed by atoms with E-state index in [1.54, 1.807) is 7.11 Å². The Morgan fingerprint density at radius 2 is 1.70 bits per heavy atom. The van der Waals surface area contributed by atoms with Crippen LogP contribution in [0.25, 0.3) is 0 Å². The summed E-state index contributed by atoms with van der Waals surface area (Å²) in [6.45, 7) is 4.87. The first-order valence-corrected chi connectivity index (χ1v) is 9.55. The SMILES string of the molecule is COc1cccc(CN2CCN(C(=O)CCCOc3ccccc3)CC2)c1. The van der Waals surface area contributed by atoms with Gasteiger partial charge in [0, 0.05) is 39.1 Å². The number of hydrogen-bond acceptors (Lipinski definition) is 4. The number of nitrogens with zero attached hydrogens (tertiary/aromatic N) is 2. The molecule has 0 atom stereocenters. The number of amides is 1. The predicted octanol–water partition coefficient (Wildman–Crippen LogP) is 3.20. The van der Waals surface area contributed by atoms with Crippen LogP contribution in [0, 0.1) is 0 Å². The van der Waals surface area contributed by atoms with Gasteiger partial charge in [-0.2, -0.15) is 0 Å². The van der Waals surface area contributed by atoms with E-state index in [-0.39, 0.29) is 5.91 Å². The first-order valence-electron chi connectivity index (χ1n) is 9.55. The van der Waals surface area contributed by atoms with Gasteiger partial charge in [0.2, 0.25) is 5.91 Å². The van der Waals surface area contributed by atoms with E-state index >= 15 is 0 Å². The molecule has 0 aliphatic carbocycles. The van der Waals surface area contributed by atoms with E-state index in [0.717, 1.165) is 50.6 Å². The van der Waals surface area contributed by atoms with Crippen molar-refractivity contribution in [2.75, 3.05) is 39.9 Å². The average Bonchev–Trinajstić information content (AvgIpc) is 2.72. The second-order valence-electron chi connectivity index (χ2n) is 6.77. The summed E-state index contributed by atoms with van der Waals surface area (Å²) in [4.78, 5) is 16.8. The van der Waals surface area contributed by atoms with Gasteiger partial charge in [0.25, 0.3) is 0 Å². The van der Waals surface area contributed by atoms with Gasteiger partial charge in [0.15, 0.2) is 0 Å². The Kier molecular flexibility index (Phi) is 7.11. The maximum absolute atomic E-state index is 12.4. The number of benzene rings is 2. The van der Waals surface area contributed by atoms with Gasteiger partial charge in [-0.25, -0.2) is 0 Å². The molecule has 0 radical (unpaired) electrons. The number of carbonyl (C=O) groups excluding carboxylic acids is 1. The van der Waals surface area contributed by atoms with Gasteiger partial charge in [-0.1, -0.05) is 30.3 Å². The minimum atomic E-state index is 0.229. The summed E-state index contributed by atoms with van der Waals surface area (Å²) in [5.74, 6) is 1.97. The van der Waals surface area contributed by atoms with Crippen LogP contribution in [-0.2, 0) is 11.3 Å². The number of methoxy groups -OCH3 is 1. The summed E-state index contributed by atoms with van der Waals surface area (Å²) in [5, 5.41) is 0. The summed E-state index contributed by atoms with van der Waals surface area (Å²) in [7, 11) is 1.69. The van der Waals surface area contributed by atoms with E-state index in [1.807, 2.05) is 47.4 Å². The molecule has 3 rings (SSSR count). The van der Waals surface area contributed by atoms with Gasteiger partial charge < -0.3 is 14.4 Å². The van der Waals surface area contributed by atoms with Crippen LogP contribution in [0.4, 0.5) is 0 Å². The molecule has 1 amide bonds. The van der Waals surface area contributed by atoms with E-state index in [9.17, 15) is 4.79 Å². The lowest BCUT2D eigenvalue weighted by atomic mass is 10.2. The van der Waals surface area contributed by atoms with Crippen LogP contribution in [-0.4, -0.2) is 55.6 Å². The number of para-hydroxylation sites is 1. The molecule has 0 bridgehead atoms. The van der Waals surface area contributed by atoms with Crippen molar-refractivity contribution in [3.8, 4) is 11.5 Å². The normalized spacial score (nSPS) is 14.8. The van der Waals surface area contributed by atoms with E-state index in [1.165, 1.54) is 5.56 Å². The van der Waals surface area contributed by atoms with Crippen molar-refractivity contribution in [3.63, 3.8) is 0 Å². The molecular formula is C22H28N2O3. The smallest absolute Gasteiger partial charge is 0.222 e. The lowest BCUT2D eigenvalue weighted by molar-refractivity contribution is -0.133. The monoisotopic (exact) mass is 368 g/mol. The molecule has 0 saturated carbocycles. The first-order chi connectivity index (χ1) is 13.2. The van der Waals surface area contributed by atoms with E-state index in [0.29, 0.717) is 13.0 Å². The molecule has 27 heavy (non-hydrogen) atoms. The molecule has 2 aromatic carbocycles. The van der Waals surface area contributed by atoms with Gasteiger partial charge in [0.1, 0.15) is 11.5 Å². The Bertz CT molecular complexity index is 713. The molecule has 1 aliphatic heterocycles. The number of ether oxygens (including phenoxy) is 2. The van der Waals surface area contributed by atoms with Crippen LogP contribution in [0.5, 0.6) is 11.5 Å². The molecule has 2 aromatic rings. The Morgan fingerprint density at radius 3 is 2.44 bits per heavy atom. The highest BCUT2D eigenvalue weighted by Gasteiger charge is 2.20. The highest BCUT2D eigenvalue weighted by molar-refractivity contribution is 5.76. The third-order valence-electron chi connectivity index (χ3n) is 4.81. The molecule has 1 saturated heterocycles. The topological polar surface area (TPSA) is 42.0 Å². The van der Waals surface area contributed by atoms with Crippen molar-refractivity contribution in [2.45, 2.75) is 19.4 Å². The van der Waals surface area contributed by atoms with Crippen molar-refractivity contribution < 1.29 is 14.3 Å². The highest BCUT2D eigenvalue weighted by Crippen LogP contribution is 2.16. The molecule has 0 unspecified atom stereocenters. The quantitative estimate of drug-likeness (QED) is 0.671. The lowest BCUT2D eigenvalue weighted by Crippen LogP contribution is -2.48. The Morgan fingerprint density at radius 1 is 0.963 bits per heavy atom. The van der Waals surface area contributed by atoms with Gasteiger partial charge in [-0.15, -0.1) is 0 Å². The molecule has 0 spiro atoms. The second kappa shape index (κ2) is 9.97.